The Hall–Kier alpha value is -1.94. The molecule has 17 nitrogen and oxygen atoms in total. The van der Waals surface area contributed by atoms with Crippen molar-refractivity contribution < 1.29 is 80.2 Å². The van der Waals surface area contributed by atoms with Crippen molar-refractivity contribution in [2.24, 2.45) is 5.92 Å². The molecule has 19 heteroatoms. The predicted molar refractivity (Wildman–Crippen MR) is 368 cm³/mol. The molecule has 6 atom stereocenters. The molecule has 3 N–H and O–H groups in total. The maximum Gasteiger partial charge on any atom is 0.472 e. The van der Waals surface area contributed by atoms with E-state index in [1.807, 2.05) is 0 Å². The molecule has 0 aromatic rings. The topological polar surface area (TPSA) is 237 Å². The Morgan fingerprint density at radius 3 is 0.780 bits per heavy atom. The van der Waals surface area contributed by atoms with E-state index in [0.29, 0.717) is 25.7 Å². The second-order valence-corrected chi connectivity index (χ2v) is 29.1. The number of phosphoric ester groups is 2. The van der Waals surface area contributed by atoms with Gasteiger partial charge >= 0.3 is 39.5 Å². The van der Waals surface area contributed by atoms with Crippen LogP contribution in [0.15, 0.2) is 0 Å². The fourth-order valence-electron chi connectivity index (χ4n) is 11.0. The van der Waals surface area contributed by atoms with Crippen LogP contribution in [0.3, 0.4) is 0 Å². The fraction of sp³-hybridized carbons (Fsp3) is 0.944. The van der Waals surface area contributed by atoms with Crippen molar-refractivity contribution in [1.82, 2.24) is 0 Å². The summed E-state index contributed by atoms with van der Waals surface area (Å²) in [6.45, 7) is 7.23. The number of hydrogen-bond donors (Lipinski definition) is 3. The molecule has 0 radical (unpaired) electrons. The molecule has 91 heavy (non-hydrogen) atoms. The number of phosphoric acid groups is 2. The van der Waals surface area contributed by atoms with Crippen LogP contribution < -0.4 is 0 Å². The summed E-state index contributed by atoms with van der Waals surface area (Å²) < 4.78 is 68.2. The van der Waals surface area contributed by atoms with Crippen molar-refractivity contribution in [2.75, 3.05) is 39.6 Å². The normalized spacial score (nSPS) is 14.3. The van der Waals surface area contributed by atoms with E-state index in [4.69, 9.17) is 37.0 Å². The third kappa shape index (κ3) is 65.1. The van der Waals surface area contributed by atoms with Gasteiger partial charge in [0.1, 0.15) is 19.3 Å². The highest BCUT2D eigenvalue weighted by Gasteiger charge is 2.30. The quantitative estimate of drug-likeness (QED) is 0.0222. The van der Waals surface area contributed by atoms with E-state index < -0.39 is 97.5 Å². The summed E-state index contributed by atoms with van der Waals surface area (Å²) >= 11 is 0. The lowest BCUT2D eigenvalue weighted by Crippen LogP contribution is -2.30. The third-order valence-electron chi connectivity index (χ3n) is 17.1. The lowest BCUT2D eigenvalue weighted by atomic mass is 9.99. The first-order valence-electron chi connectivity index (χ1n) is 37.7. The van der Waals surface area contributed by atoms with Crippen molar-refractivity contribution in [3.63, 3.8) is 0 Å². The molecule has 0 aromatic carbocycles. The van der Waals surface area contributed by atoms with Gasteiger partial charge in [-0.3, -0.25) is 37.3 Å². The molecule has 0 saturated heterocycles. The van der Waals surface area contributed by atoms with Gasteiger partial charge in [-0.05, 0) is 31.6 Å². The minimum atomic E-state index is -4.95. The Bertz CT molecular complexity index is 1760. The molecule has 0 heterocycles. The molecule has 540 valence electrons. The van der Waals surface area contributed by atoms with E-state index in [0.717, 1.165) is 109 Å². The van der Waals surface area contributed by atoms with E-state index in [9.17, 15) is 43.2 Å². The van der Waals surface area contributed by atoms with E-state index >= 15 is 0 Å². The number of unbranched alkanes of at least 4 members (excludes halogenated alkanes) is 43. The van der Waals surface area contributed by atoms with Gasteiger partial charge in [-0.1, -0.05) is 324 Å². The number of carbonyl (C=O) groups is 4. The van der Waals surface area contributed by atoms with Crippen molar-refractivity contribution in [3.8, 4) is 0 Å². The molecular weight excluding hydrogens is 1200 g/mol. The lowest BCUT2D eigenvalue weighted by Gasteiger charge is -2.21. The third-order valence-corrected chi connectivity index (χ3v) is 19.0. The van der Waals surface area contributed by atoms with E-state index in [1.165, 1.54) is 186 Å². The lowest BCUT2D eigenvalue weighted by molar-refractivity contribution is -0.161. The summed E-state index contributed by atoms with van der Waals surface area (Å²) in [5.74, 6) is -1.32. The maximum atomic E-state index is 13.1. The van der Waals surface area contributed by atoms with Gasteiger partial charge in [0.05, 0.1) is 26.4 Å². The van der Waals surface area contributed by atoms with Crippen LogP contribution in [0.25, 0.3) is 0 Å². The second-order valence-electron chi connectivity index (χ2n) is 26.2. The van der Waals surface area contributed by atoms with Crippen LogP contribution in [-0.4, -0.2) is 96.7 Å². The second kappa shape index (κ2) is 65.4. The number of carbonyl (C=O) groups excluding carboxylic acids is 4. The van der Waals surface area contributed by atoms with E-state index in [2.05, 4.69) is 34.6 Å². The van der Waals surface area contributed by atoms with Crippen LogP contribution in [0.1, 0.15) is 375 Å². The van der Waals surface area contributed by atoms with Crippen LogP contribution >= 0.6 is 15.6 Å². The number of aliphatic hydroxyl groups excluding tert-OH is 1. The molecule has 0 rings (SSSR count). The monoisotopic (exact) mass is 1340 g/mol. The first kappa shape index (κ1) is 89.1. The Kier molecular flexibility index (Phi) is 64.0. The Morgan fingerprint density at radius 1 is 0.308 bits per heavy atom. The van der Waals surface area contributed by atoms with E-state index in [1.54, 1.807) is 0 Å². The Morgan fingerprint density at radius 2 is 0.527 bits per heavy atom. The van der Waals surface area contributed by atoms with Crippen molar-refractivity contribution >= 4 is 39.5 Å². The zero-order chi connectivity index (χ0) is 67.0. The van der Waals surface area contributed by atoms with Crippen molar-refractivity contribution in [1.29, 1.82) is 0 Å². The van der Waals surface area contributed by atoms with Gasteiger partial charge in [-0.2, -0.15) is 0 Å². The van der Waals surface area contributed by atoms with Crippen molar-refractivity contribution in [3.05, 3.63) is 0 Å². The molecule has 0 fully saturated rings. The number of hydrogen-bond acceptors (Lipinski definition) is 15. The summed E-state index contributed by atoms with van der Waals surface area (Å²) in [5, 5.41) is 10.6. The molecule has 0 bridgehead atoms. The van der Waals surface area contributed by atoms with Gasteiger partial charge in [0, 0.05) is 25.7 Å². The number of aliphatic hydroxyl groups is 1. The predicted octanol–water partition coefficient (Wildman–Crippen LogP) is 20.9. The number of esters is 4. The van der Waals surface area contributed by atoms with Gasteiger partial charge in [-0.15, -0.1) is 0 Å². The largest absolute Gasteiger partial charge is 0.472 e. The van der Waals surface area contributed by atoms with E-state index in [-0.39, 0.29) is 25.7 Å². The minimum Gasteiger partial charge on any atom is -0.462 e. The summed E-state index contributed by atoms with van der Waals surface area (Å²) in [7, 11) is -9.89. The molecule has 0 saturated carbocycles. The van der Waals surface area contributed by atoms with Gasteiger partial charge < -0.3 is 33.8 Å². The minimum absolute atomic E-state index is 0.106. The smallest absolute Gasteiger partial charge is 0.462 e. The van der Waals surface area contributed by atoms with Gasteiger partial charge in [0.25, 0.3) is 0 Å². The molecule has 0 aliphatic rings. The molecule has 0 aliphatic heterocycles. The van der Waals surface area contributed by atoms with Crippen LogP contribution in [0.4, 0.5) is 0 Å². The number of ether oxygens (including phenoxy) is 4. The average Bonchev–Trinajstić information content (AvgIpc) is 3.74. The molecule has 0 amide bonds. The molecular formula is C72H140O17P2. The number of rotatable bonds is 72. The van der Waals surface area contributed by atoms with Crippen LogP contribution in [0.5, 0.6) is 0 Å². The zero-order valence-corrected chi connectivity index (χ0v) is 60.8. The first-order valence-corrected chi connectivity index (χ1v) is 40.7. The van der Waals surface area contributed by atoms with Gasteiger partial charge in [0.15, 0.2) is 12.2 Å². The van der Waals surface area contributed by atoms with Crippen LogP contribution in [0, 0.1) is 5.92 Å². The molecule has 0 aliphatic carbocycles. The highest BCUT2D eigenvalue weighted by atomic mass is 31.2. The van der Waals surface area contributed by atoms with Crippen molar-refractivity contribution in [2.45, 2.75) is 393 Å². The first-order chi connectivity index (χ1) is 44.1. The fourth-order valence-corrected chi connectivity index (χ4v) is 12.5. The Labute approximate surface area is 556 Å². The molecule has 0 spiro atoms. The highest BCUT2D eigenvalue weighted by molar-refractivity contribution is 7.47. The average molecular weight is 1340 g/mol. The molecule has 3 unspecified atom stereocenters. The van der Waals surface area contributed by atoms with Crippen LogP contribution in [-0.2, 0) is 65.4 Å². The van der Waals surface area contributed by atoms with Crippen LogP contribution in [0.2, 0.25) is 0 Å². The summed E-state index contributed by atoms with van der Waals surface area (Å²) in [5.41, 5.74) is 0. The maximum absolute atomic E-state index is 13.1. The van der Waals surface area contributed by atoms with Gasteiger partial charge in [-0.25, -0.2) is 9.13 Å². The summed E-state index contributed by atoms with van der Waals surface area (Å²) in [4.78, 5) is 72.4. The summed E-state index contributed by atoms with van der Waals surface area (Å²) in [6, 6.07) is 0. The standard InChI is InChI=1S/C72H140O17P2/c1-6-10-13-16-19-21-22-23-24-25-26-27-28-29-30-31-32-38-43-48-53-58-72(77)89-68(62-83-70(75)56-51-46-41-37-34-33-36-40-44-49-54-65(5)9-4)64-87-91(80,81)85-60-66(73)59-84-90(78,79)86-63-67(61-82-69(74)55-50-45-39-18-15-12-8-3)88-71(76)57-52-47-42-35-20-17-14-11-7-2/h65-68,73H,6-64H2,1-5H3,(H,78,79)(H,80,81)/t65?,66-,67+,68+/m0/s1. The Balaban J connectivity index is 5.14. The van der Waals surface area contributed by atoms with Gasteiger partial charge in [0.2, 0.25) is 0 Å². The summed E-state index contributed by atoms with van der Waals surface area (Å²) in [6.07, 6.45) is 53.0. The highest BCUT2D eigenvalue weighted by Crippen LogP contribution is 2.45. The SMILES string of the molecule is CCCCCCCCCCCCCCCCCCCCCCCC(=O)O[C@H](COC(=O)CCCCCCCCCCCCC(C)CC)COP(=O)(O)OC[C@@H](O)COP(=O)(O)OC[C@@H](COC(=O)CCCCCCCCC)OC(=O)CCCCCCCCCCC. The molecule has 0 aromatic heterocycles. The zero-order valence-electron chi connectivity index (χ0n) is 59.0.